The average Bonchev–Trinajstić information content (AvgIpc) is 2.36. The van der Waals surface area contributed by atoms with Gasteiger partial charge in [-0.05, 0) is 64.4 Å². The van der Waals surface area contributed by atoms with Gasteiger partial charge in [-0.3, -0.25) is 0 Å². The first-order valence-corrected chi connectivity index (χ1v) is 7.11. The van der Waals surface area contributed by atoms with E-state index in [1.54, 1.807) is 0 Å². The molecule has 0 aliphatic carbocycles. The fourth-order valence-corrected chi connectivity index (χ4v) is 2.44. The molecule has 102 valence electrons. The van der Waals surface area contributed by atoms with Crippen molar-refractivity contribution in [1.29, 1.82) is 0 Å². The molecule has 0 unspecified atom stereocenters. The van der Waals surface area contributed by atoms with Crippen LogP contribution < -0.4 is 5.73 Å². The summed E-state index contributed by atoms with van der Waals surface area (Å²) in [6.45, 7) is 12.5. The minimum Gasteiger partial charge on any atom is -0.330 e. The van der Waals surface area contributed by atoms with Crippen molar-refractivity contribution in [2.24, 2.45) is 11.1 Å². The average molecular weight is 241 g/mol. The minimum atomic E-state index is 0.290. The van der Waals surface area contributed by atoms with E-state index < -0.39 is 0 Å². The standard InChI is InChI=1S/C14H31N3/c1-5-17-9-6-13(7-10-17)16(4)11-8-14(2,3)12-15/h13H,5-12,15H2,1-4H3. The molecular formula is C14H31N3. The van der Waals surface area contributed by atoms with Crippen LogP contribution in [-0.2, 0) is 0 Å². The Morgan fingerprint density at radius 1 is 1.29 bits per heavy atom. The molecule has 1 heterocycles. The van der Waals surface area contributed by atoms with Gasteiger partial charge in [0.15, 0.2) is 0 Å². The van der Waals surface area contributed by atoms with Crippen molar-refractivity contribution in [3.63, 3.8) is 0 Å². The van der Waals surface area contributed by atoms with Crippen LogP contribution in [0.15, 0.2) is 0 Å². The molecule has 0 aromatic rings. The van der Waals surface area contributed by atoms with Crippen LogP contribution >= 0.6 is 0 Å². The third kappa shape index (κ3) is 4.94. The van der Waals surface area contributed by atoms with Crippen LogP contribution in [0.3, 0.4) is 0 Å². The molecule has 1 fully saturated rings. The van der Waals surface area contributed by atoms with E-state index in [9.17, 15) is 0 Å². The minimum absolute atomic E-state index is 0.290. The molecule has 0 bridgehead atoms. The van der Waals surface area contributed by atoms with Gasteiger partial charge < -0.3 is 15.5 Å². The zero-order valence-electron chi connectivity index (χ0n) is 12.2. The molecule has 0 amide bonds. The number of likely N-dealkylation sites (tertiary alicyclic amines) is 1. The van der Waals surface area contributed by atoms with Crippen molar-refractivity contribution < 1.29 is 0 Å². The van der Waals surface area contributed by atoms with Gasteiger partial charge in [0.2, 0.25) is 0 Å². The Kier molecular flexibility index (Phi) is 5.90. The maximum Gasteiger partial charge on any atom is 0.0117 e. The highest BCUT2D eigenvalue weighted by Crippen LogP contribution is 2.21. The first kappa shape index (κ1) is 14.9. The lowest BCUT2D eigenvalue weighted by Crippen LogP contribution is -2.44. The summed E-state index contributed by atoms with van der Waals surface area (Å²) in [6, 6.07) is 0.784. The SMILES string of the molecule is CCN1CCC(N(C)CCC(C)(C)CN)CC1. The van der Waals surface area contributed by atoms with Gasteiger partial charge in [-0.25, -0.2) is 0 Å². The van der Waals surface area contributed by atoms with E-state index in [1.807, 2.05) is 0 Å². The van der Waals surface area contributed by atoms with Crippen molar-refractivity contribution in [3.8, 4) is 0 Å². The third-order valence-corrected chi connectivity index (χ3v) is 4.32. The van der Waals surface area contributed by atoms with E-state index in [0.29, 0.717) is 5.41 Å². The maximum atomic E-state index is 5.78. The lowest BCUT2D eigenvalue weighted by Gasteiger charge is -2.37. The van der Waals surface area contributed by atoms with Gasteiger partial charge in [0, 0.05) is 6.04 Å². The van der Waals surface area contributed by atoms with Crippen LogP contribution in [0.2, 0.25) is 0 Å². The fourth-order valence-electron chi connectivity index (χ4n) is 2.44. The summed E-state index contributed by atoms with van der Waals surface area (Å²) in [5, 5.41) is 0. The summed E-state index contributed by atoms with van der Waals surface area (Å²) < 4.78 is 0. The van der Waals surface area contributed by atoms with Crippen LogP contribution in [0.4, 0.5) is 0 Å². The molecule has 0 spiro atoms. The lowest BCUT2D eigenvalue weighted by atomic mass is 9.89. The normalized spacial score (nSPS) is 20.1. The maximum absolute atomic E-state index is 5.78. The molecule has 1 aliphatic rings. The predicted octanol–water partition coefficient (Wildman–Crippen LogP) is 1.78. The van der Waals surface area contributed by atoms with Crippen molar-refractivity contribution in [1.82, 2.24) is 9.80 Å². The molecule has 3 heteroatoms. The highest BCUT2D eigenvalue weighted by atomic mass is 15.2. The summed E-state index contributed by atoms with van der Waals surface area (Å²) in [7, 11) is 2.28. The van der Waals surface area contributed by atoms with Crippen LogP contribution in [0.1, 0.15) is 40.0 Å². The highest BCUT2D eigenvalue weighted by molar-refractivity contribution is 4.79. The van der Waals surface area contributed by atoms with Gasteiger partial charge in [-0.1, -0.05) is 20.8 Å². The molecule has 3 nitrogen and oxygen atoms in total. The van der Waals surface area contributed by atoms with E-state index in [-0.39, 0.29) is 0 Å². The number of piperidine rings is 1. The molecule has 1 aliphatic heterocycles. The molecular weight excluding hydrogens is 210 g/mol. The van der Waals surface area contributed by atoms with E-state index in [2.05, 4.69) is 37.6 Å². The van der Waals surface area contributed by atoms with E-state index in [0.717, 1.165) is 12.6 Å². The number of rotatable bonds is 6. The van der Waals surface area contributed by atoms with Crippen LogP contribution in [0.5, 0.6) is 0 Å². The number of hydrogen-bond acceptors (Lipinski definition) is 3. The molecule has 2 N–H and O–H groups in total. The van der Waals surface area contributed by atoms with Crippen molar-refractivity contribution in [3.05, 3.63) is 0 Å². The van der Waals surface area contributed by atoms with Crippen molar-refractivity contribution in [2.75, 3.05) is 39.8 Å². The Labute approximate surface area is 107 Å². The zero-order chi connectivity index (χ0) is 12.9. The second-order valence-electron chi connectivity index (χ2n) is 6.26. The molecule has 0 aromatic carbocycles. The summed E-state index contributed by atoms with van der Waals surface area (Å²) >= 11 is 0. The van der Waals surface area contributed by atoms with E-state index in [4.69, 9.17) is 5.73 Å². The molecule has 0 radical (unpaired) electrons. The summed E-state index contributed by atoms with van der Waals surface area (Å²) in [5.74, 6) is 0. The highest BCUT2D eigenvalue weighted by Gasteiger charge is 2.23. The zero-order valence-corrected chi connectivity index (χ0v) is 12.2. The Morgan fingerprint density at radius 2 is 1.88 bits per heavy atom. The molecule has 17 heavy (non-hydrogen) atoms. The van der Waals surface area contributed by atoms with Gasteiger partial charge in [0.1, 0.15) is 0 Å². The van der Waals surface area contributed by atoms with Crippen LogP contribution in [0, 0.1) is 5.41 Å². The van der Waals surface area contributed by atoms with E-state index in [1.165, 1.54) is 45.4 Å². The van der Waals surface area contributed by atoms with Gasteiger partial charge in [-0.15, -0.1) is 0 Å². The Balaban J connectivity index is 2.27. The predicted molar refractivity (Wildman–Crippen MR) is 75.2 cm³/mol. The summed E-state index contributed by atoms with van der Waals surface area (Å²) in [4.78, 5) is 5.10. The molecule has 0 atom stereocenters. The van der Waals surface area contributed by atoms with Crippen molar-refractivity contribution in [2.45, 2.75) is 46.1 Å². The Bertz CT molecular complexity index is 208. The van der Waals surface area contributed by atoms with Gasteiger partial charge in [0.25, 0.3) is 0 Å². The number of nitrogens with two attached hydrogens (primary N) is 1. The monoisotopic (exact) mass is 241 g/mol. The smallest absolute Gasteiger partial charge is 0.0117 e. The van der Waals surface area contributed by atoms with Gasteiger partial charge in [0.05, 0.1) is 0 Å². The molecule has 0 aromatic heterocycles. The van der Waals surface area contributed by atoms with Gasteiger partial charge >= 0.3 is 0 Å². The number of hydrogen-bond donors (Lipinski definition) is 1. The topological polar surface area (TPSA) is 32.5 Å². The lowest BCUT2D eigenvalue weighted by molar-refractivity contribution is 0.120. The van der Waals surface area contributed by atoms with Crippen molar-refractivity contribution >= 4 is 0 Å². The summed E-state index contributed by atoms with van der Waals surface area (Å²) in [6.07, 6.45) is 3.86. The molecule has 0 saturated carbocycles. The fraction of sp³-hybridized carbons (Fsp3) is 1.00. The second kappa shape index (κ2) is 6.72. The van der Waals surface area contributed by atoms with Crippen LogP contribution in [-0.4, -0.2) is 55.6 Å². The largest absolute Gasteiger partial charge is 0.330 e. The molecule has 1 rings (SSSR count). The van der Waals surface area contributed by atoms with E-state index >= 15 is 0 Å². The first-order chi connectivity index (χ1) is 7.98. The summed E-state index contributed by atoms with van der Waals surface area (Å²) in [5.41, 5.74) is 6.07. The Hall–Kier alpha value is -0.120. The second-order valence-corrected chi connectivity index (χ2v) is 6.26. The number of nitrogens with zero attached hydrogens (tertiary/aromatic N) is 2. The Morgan fingerprint density at radius 3 is 2.35 bits per heavy atom. The quantitative estimate of drug-likeness (QED) is 0.769. The first-order valence-electron chi connectivity index (χ1n) is 7.11. The van der Waals surface area contributed by atoms with Gasteiger partial charge in [-0.2, -0.15) is 0 Å². The molecule has 1 saturated heterocycles. The third-order valence-electron chi connectivity index (χ3n) is 4.32. The van der Waals surface area contributed by atoms with Crippen LogP contribution in [0.25, 0.3) is 0 Å².